The van der Waals surface area contributed by atoms with Crippen molar-refractivity contribution in [2.75, 3.05) is 22.4 Å². The fourth-order valence-corrected chi connectivity index (χ4v) is 4.36. The number of benzene rings is 1. The lowest BCUT2D eigenvalue weighted by Gasteiger charge is -2.23. The zero-order valence-electron chi connectivity index (χ0n) is 17.5. The number of aromatic amines is 1. The molecule has 0 saturated heterocycles. The van der Waals surface area contributed by atoms with Crippen LogP contribution in [-0.4, -0.2) is 36.2 Å². The Morgan fingerprint density at radius 2 is 1.97 bits per heavy atom. The van der Waals surface area contributed by atoms with Crippen LogP contribution in [0.4, 0.5) is 16.2 Å². The van der Waals surface area contributed by atoms with Crippen LogP contribution in [0.1, 0.15) is 32.4 Å². The molecule has 0 aliphatic carbocycles. The van der Waals surface area contributed by atoms with Crippen molar-refractivity contribution >= 4 is 44.3 Å². The van der Waals surface area contributed by atoms with Crippen molar-refractivity contribution in [2.45, 2.75) is 26.8 Å². The summed E-state index contributed by atoms with van der Waals surface area (Å²) in [6, 6.07) is 5.19. The van der Waals surface area contributed by atoms with Crippen LogP contribution in [0.3, 0.4) is 0 Å². The molecular weight excluding hydrogens is 445 g/mol. The average Bonchev–Trinajstić information content (AvgIpc) is 2.65. The van der Waals surface area contributed by atoms with E-state index in [1.54, 1.807) is 19.1 Å². The van der Waals surface area contributed by atoms with Crippen molar-refractivity contribution in [2.24, 2.45) is 5.92 Å². The Morgan fingerprint density at radius 1 is 1.26 bits per heavy atom. The molecule has 0 spiro atoms. The van der Waals surface area contributed by atoms with Gasteiger partial charge in [-0.1, -0.05) is 25.4 Å². The first-order valence-corrected chi connectivity index (χ1v) is 11.8. The van der Waals surface area contributed by atoms with Gasteiger partial charge in [0.15, 0.2) is 0 Å². The third-order valence-electron chi connectivity index (χ3n) is 4.54. The molecule has 0 amide bonds. The van der Waals surface area contributed by atoms with E-state index < -0.39 is 27.4 Å². The highest BCUT2D eigenvalue weighted by molar-refractivity contribution is 7.92. The number of rotatable bonds is 7. The number of pyridine rings is 1. The summed E-state index contributed by atoms with van der Waals surface area (Å²) in [5, 5.41) is 3.66. The van der Waals surface area contributed by atoms with Crippen molar-refractivity contribution in [1.29, 1.82) is 0 Å². The molecule has 1 atom stereocenters. The summed E-state index contributed by atoms with van der Waals surface area (Å²) in [5.41, 5.74) is -0.0751. The summed E-state index contributed by atoms with van der Waals surface area (Å²) in [7, 11) is -3.54. The summed E-state index contributed by atoms with van der Waals surface area (Å²) >= 11 is 5.92. The van der Waals surface area contributed by atoms with Crippen molar-refractivity contribution in [3.63, 3.8) is 0 Å². The van der Waals surface area contributed by atoms with E-state index in [1.807, 2.05) is 13.8 Å². The van der Waals surface area contributed by atoms with E-state index in [2.05, 4.69) is 20.3 Å². The van der Waals surface area contributed by atoms with E-state index in [0.717, 1.165) is 12.3 Å². The Morgan fingerprint density at radius 3 is 2.61 bits per heavy atom. The van der Waals surface area contributed by atoms with E-state index >= 15 is 0 Å². The number of nitrogens with one attached hydrogen (secondary N) is 2. The molecule has 0 unspecified atom stereocenters. The minimum Gasteiger partial charge on any atom is -0.347 e. The molecule has 11 heteroatoms. The standard InChI is InChI=1S/C20H23ClFN5O3S/c1-11(2)10-27(31(4,29)30)17-5-6-23-20(25-17)24-12(3)15-8-13-7-14(21)9-16(22)18(13)26-19(15)28/h5-9,11-12H,10H2,1-4H3,(H,26,28)(H,23,24,25)/t12-/m0/s1. The third-order valence-corrected chi connectivity index (χ3v) is 5.89. The van der Waals surface area contributed by atoms with Gasteiger partial charge in [0.05, 0.1) is 17.8 Å². The normalized spacial score (nSPS) is 12.9. The second-order valence-electron chi connectivity index (χ2n) is 7.70. The number of hydrogen-bond donors (Lipinski definition) is 2. The van der Waals surface area contributed by atoms with Gasteiger partial charge in [-0.3, -0.25) is 9.10 Å². The first-order chi connectivity index (χ1) is 14.5. The van der Waals surface area contributed by atoms with Gasteiger partial charge in [-0.05, 0) is 31.0 Å². The topological polar surface area (TPSA) is 108 Å². The molecule has 3 aromatic rings. The van der Waals surface area contributed by atoms with Crippen LogP contribution in [0.5, 0.6) is 0 Å². The number of anilines is 2. The molecule has 0 saturated carbocycles. The van der Waals surface area contributed by atoms with Gasteiger partial charge in [-0.25, -0.2) is 17.8 Å². The van der Waals surface area contributed by atoms with Gasteiger partial charge in [0.25, 0.3) is 5.56 Å². The highest BCUT2D eigenvalue weighted by Gasteiger charge is 2.21. The minimum absolute atomic E-state index is 0.0704. The van der Waals surface area contributed by atoms with Crippen LogP contribution in [0, 0.1) is 11.7 Å². The van der Waals surface area contributed by atoms with Crippen LogP contribution >= 0.6 is 11.6 Å². The van der Waals surface area contributed by atoms with E-state index in [0.29, 0.717) is 10.9 Å². The summed E-state index contributed by atoms with van der Waals surface area (Å²) in [6.07, 6.45) is 2.56. The number of nitrogens with zero attached hydrogens (tertiary/aromatic N) is 3. The Balaban J connectivity index is 1.94. The minimum atomic E-state index is -3.54. The lowest BCUT2D eigenvalue weighted by atomic mass is 10.1. The van der Waals surface area contributed by atoms with Crippen molar-refractivity contribution in [3.05, 3.63) is 57.2 Å². The van der Waals surface area contributed by atoms with Crippen molar-refractivity contribution < 1.29 is 12.8 Å². The predicted octanol–water partition coefficient (Wildman–Crippen LogP) is 3.71. The molecule has 2 heterocycles. The fourth-order valence-electron chi connectivity index (χ4n) is 3.14. The maximum atomic E-state index is 14.1. The average molecular weight is 468 g/mol. The molecule has 31 heavy (non-hydrogen) atoms. The summed E-state index contributed by atoms with van der Waals surface area (Å²) in [5.74, 6) is -0.154. The maximum Gasteiger partial charge on any atom is 0.253 e. The summed E-state index contributed by atoms with van der Waals surface area (Å²) < 4.78 is 39.7. The first kappa shape index (κ1) is 23.0. The van der Waals surface area contributed by atoms with Crippen LogP contribution in [0.2, 0.25) is 5.02 Å². The first-order valence-electron chi connectivity index (χ1n) is 9.55. The van der Waals surface area contributed by atoms with Gasteiger partial charge < -0.3 is 10.3 Å². The predicted molar refractivity (Wildman–Crippen MR) is 121 cm³/mol. The number of hydrogen-bond acceptors (Lipinski definition) is 6. The Kier molecular flexibility index (Phi) is 6.51. The molecule has 166 valence electrons. The van der Waals surface area contributed by atoms with Gasteiger partial charge in [0.2, 0.25) is 16.0 Å². The van der Waals surface area contributed by atoms with Crippen molar-refractivity contribution in [3.8, 4) is 0 Å². The highest BCUT2D eigenvalue weighted by Crippen LogP contribution is 2.24. The fraction of sp³-hybridized carbons (Fsp3) is 0.350. The van der Waals surface area contributed by atoms with Crippen LogP contribution in [0.25, 0.3) is 10.9 Å². The zero-order chi connectivity index (χ0) is 22.9. The van der Waals surface area contributed by atoms with Gasteiger partial charge in [-0.15, -0.1) is 0 Å². The molecule has 8 nitrogen and oxygen atoms in total. The van der Waals surface area contributed by atoms with Crippen LogP contribution < -0.4 is 15.2 Å². The second-order valence-corrected chi connectivity index (χ2v) is 10.0. The molecule has 0 radical (unpaired) electrons. The quantitative estimate of drug-likeness (QED) is 0.548. The lowest BCUT2D eigenvalue weighted by Crippen LogP contribution is -2.34. The SMILES string of the molecule is CC(C)CN(c1ccnc(N[C@@H](C)c2cc3cc(Cl)cc(F)c3[nH]c2=O)n1)S(C)(=O)=O. The van der Waals surface area contributed by atoms with Crippen LogP contribution in [0.15, 0.2) is 35.3 Å². The van der Waals surface area contributed by atoms with Crippen molar-refractivity contribution in [1.82, 2.24) is 15.0 Å². The van der Waals surface area contributed by atoms with E-state index in [4.69, 9.17) is 11.6 Å². The second kappa shape index (κ2) is 8.80. The smallest absolute Gasteiger partial charge is 0.253 e. The molecule has 0 aliphatic rings. The largest absolute Gasteiger partial charge is 0.347 e. The number of halogens is 2. The Labute approximate surface area is 184 Å². The van der Waals surface area contributed by atoms with Crippen LogP contribution in [-0.2, 0) is 10.0 Å². The summed E-state index contributed by atoms with van der Waals surface area (Å²) in [4.78, 5) is 23.5. The number of sulfonamides is 1. The molecule has 2 aromatic heterocycles. The highest BCUT2D eigenvalue weighted by atomic mass is 35.5. The van der Waals surface area contributed by atoms with Gasteiger partial charge in [0.1, 0.15) is 11.6 Å². The molecule has 0 fully saturated rings. The van der Waals surface area contributed by atoms with Gasteiger partial charge in [0, 0.05) is 34.8 Å². The maximum absolute atomic E-state index is 14.1. The van der Waals surface area contributed by atoms with Gasteiger partial charge in [-0.2, -0.15) is 4.98 Å². The Hall–Kier alpha value is -2.72. The lowest BCUT2D eigenvalue weighted by molar-refractivity contribution is 0.582. The molecule has 0 bridgehead atoms. The molecule has 3 rings (SSSR count). The van der Waals surface area contributed by atoms with E-state index in [9.17, 15) is 17.6 Å². The number of fused-ring (bicyclic) bond motifs is 1. The molecule has 1 aromatic carbocycles. The summed E-state index contributed by atoms with van der Waals surface area (Å²) in [6.45, 7) is 5.79. The van der Waals surface area contributed by atoms with E-state index in [-0.39, 0.29) is 34.8 Å². The number of aromatic nitrogens is 3. The third kappa shape index (κ3) is 5.31. The van der Waals surface area contributed by atoms with Gasteiger partial charge >= 0.3 is 0 Å². The zero-order valence-corrected chi connectivity index (χ0v) is 19.1. The molecular formula is C20H23ClFN5O3S. The van der Waals surface area contributed by atoms with E-state index in [1.165, 1.54) is 16.6 Å². The molecule has 0 aliphatic heterocycles. The Bertz CT molecular complexity index is 1280. The molecule has 2 N–H and O–H groups in total. The monoisotopic (exact) mass is 467 g/mol. The number of H-pyrrole nitrogens is 1.